The Bertz CT molecular complexity index is 547. The lowest BCUT2D eigenvalue weighted by atomic mass is 10.0. The van der Waals surface area contributed by atoms with E-state index in [-0.39, 0.29) is 23.7 Å². The third-order valence-corrected chi connectivity index (χ3v) is 3.22. The molecule has 0 aliphatic rings. The second-order valence-corrected chi connectivity index (χ2v) is 5.38. The van der Waals surface area contributed by atoms with Crippen LogP contribution in [-0.4, -0.2) is 43.3 Å². The fourth-order valence-corrected chi connectivity index (χ4v) is 1.89. The molecule has 0 aliphatic heterocycles. The number of carbonyl (C=O) groups is 2. The minimum Gasteiger partial charge on any atom is -0.480 e. The molecule has 2 N–H and O–H groups in total. The van der Waals surface area contributed by atoms with Gasteiger partial charge in [-0.3, -0.25) is 4.79 Å². The van der Waals surface area contributed by atoms with Gasteiger partial charge in [-0.25, -0.2) is 9.18 Å². The van der Waals surface area contributed by atoms with Gasteiger partial charge in [0.1, 0.15) is 11.9 Å². The predicted octanol–water partition coefficient (Wildman–Crippen LogP) is 1.83. The second-order valence-electron chi connectivity index (χ2n) is 5.38. The summed E-state index contributed by atoms with van der Waals surface area (Å²) in [5.41, 5.74) is 0.411. The zero-order valence-electron chi connectivity index (χ0n) is 13.5. The quantitative estimate of drug-likeness (QED) is 0.676. The van der Waals surface area contributed by atoms with E-state index in [4.69, 9.17) is 14.6 Å². The van der Waals surface area contributed by atoms with Gasteiger partial charge in [0.05, 0.1) is 19.8 Å². The van der Waals surface area contributed by atoms with Crippen molar-refractivity contribution in [3.63, 3.8) is 0 Å². The molecule has 0 aromatic heterocycles. The number of halogens is 1. The number of carboxylic acids is 1. The summed E-state index contributed by atoms with van der Waals surface area (Å²) in [6.45, 7) is 4.08. The van der Waals surface area contributed by atoms with E-state index < -0.39 is 23.7 Å². The van der Waals surface area contributed by atoms with Gasteiger partial charge < -0.3 is 19.9 Å². The van der Waals surface area contributed by atoms with Crippen LogP contribution in [0.25, 0.3) is 0 Å². The zero-order valence-corrected chi connectivity index (χ0v) is 13.5. The number of carboxylic acid groups (broad SMARTS) is 1. The van der Waals surface area contributed by atoms with Crippen molar-refractivity contribution < 1.29 is 28.6 Å². The van der Waals surface area contributed by atoms with Crippen molar-refractivity contribution in [3.05, 3.63) is 35.1 Å². The molecule has 0 aliphatic carbocycles. The normalized spacial score (nSPS) is 12.2. The summed E-state index contributed by atoms with van der Waals surface area (Å²) in [5.74, 6) is -2.44. The highest BCUT2D eigenvalue weighted by atomic mass is 19.1. The first-order valence-electron chi connectivity index (χ1n) is 7.25. The van der Waals surface area contributed by atoms with Crippen LogP contribution in [0.1, 0.15) is 29.8 Å². The molecule has 0 heterocycles. The molecular weight excluding hydrogens is 305 g/mol. The van der Waals surface area contributed by atoms with Gasteiger partial charge in [0.2, 0.25) is 0 Å². The van der Waals surface area contributed by atoms with E-state index in [1.54, 1.807) is 13.8 Å². The lowest BCUT2D eigenvalue weighted by molar-refractivity contribution is -0.140. The van der Waals surface area contributed by atoms with Crippen molar-refractivity contribution in [1.82, 2.24) is 5.32 Å². The van der Waals surface area contributed by atoms with Crippen molar-refractivity contribution in [2.24, 2.45) is 5.92 Å². The Hall–Kier alpha value is -1.99. The largest absolute Gasteiger partial charge is 0.480 e. The molecule has 0 spiro atoms. The van der Waals surface area contributed by atoms with Crippen molar-refractivity contribution in [2.45, 2.75) is 26.5 Å². The first-order chi connectivity index (χ1) is 10.9. The van der Waals surface area contributed by atoms with Gasteiger partial charge in [0.15, 0.2) is 0 Å². The molecule has 1 atom stereocenters. The summed E-state index contributed by atoms with van der Waals surface area (Å²) in [6, 6.07) is 2.82. The van der Waals surface area contributed by atoms with E-state index in [0.29, 0.717) is 13.2 Å². The first-order valence-corrected chi connectivity index (χ1v) is 7.25. The van der Waals surface area contributed by atoms with E-state index in [9.17, 15) is 14.0 Å². The fourth-order valence-electron chi connectivity index (χ4n) is 1.89. The average Bonchev–Trinajstić information content (AvgIpc) is 2.49. The molecule has 0 bridgehead atoms. The van der Waals surface area contributed by atoms with Gasteiger partial charge in [-0.05, 0) is 24.1 Å². The van der Waals surface area contributed by atoms with Gasteiger partial charge >= 0.3 is 5.97 Å². The van der Waals surface area contributed by atoms with Gasteiger partial charge in [-0.1, -0.05) is 13.8 Å². The molecule has 1 aromatic carbocycles. The number of carbonyl (C=O) groups excluding carboxylic acids is 1. The smallest absolute Gasteiger partial charge is 0.326 e. The molecule has 0 saturated carbocycles. The molecule has 1 amide bonds. The minimum absolute atomic E-state index is 0.00283. The second kappa shape index (κ2) is 9.22. The molecular formula is C16H22FNO5. The summed E-state index contributed by atoms with van der Waals surface area (Å²) >= 11 is 0. The highest BCUT2D eigenvalue weighted by molar-refractivity contribution is 5.96. The summed E-state index contributed by atoms with van der Waals surface area (Å²) < 4.78 is 23.8. The van der Waals surface area contributed by atoms with Gasteiger partial charge in [0.25, 0.3) is 5.91 Å². The molecule has 1 aromatic rings. The van der Waals surface area contributed by atoms with Gasteiger partial charge in [-0.15, -0.1) is 0 Å². The Morgan fingerprint density at radius 2 is 2.00 bits per heavy atom. The maximum atomic E-state index is 13.7. The monoisotopic (exact) mass is 327 g/mol. The number of rotatable bonds is 9. The highest BCUT2D eigenvalue weighted by Crippen LogP contribution is 2.13. The number of nitrogens with one attached hydrogen (secondary N) is 1. The SMILES string of the molecule is COCCOCc1cc(C(=O)N[C@H](C(=O)O)C(C)C)ccc1F. The summed E-state index contributed by atoms with van der Waals surface area (Å²) in [6.07, 6.45) is 0. The maximum Gasteiger partial charge on any atom is 0.326 e. The molecule has 6 nitrogen and oxygen atoms in total. The molecule has 0 fully saturated rings. The molecule has 0 unspecified atom stereocenters. The molecule has 128 valence electrons. The summed E-state index contributed by atoms with van der Waals surface area (Å²) in [7, 11) is 1.53. The van der Waals surface area contributed by atoms with Crippen LogP contribution < -0.4 is 5.32 Å². The number of ether oxygens (including phenoxy) is 2. The Balaban J connectivity index is 2.79. The van der Waals surface area contributed by atoms with Crippen LogP contribution in [0.3, 0.4) is 0 Å². The third-order valence-electron chi connectivity index (χ3n) is 3.22. The lowest BCUT2D eigenvalue weighted by Gasteiger charge is -2.18. The summed E-state index contributed by atoms with van der Waals surface area (Å²) in [4.78, 5) is 23.3. The number of amides is 1. The molecule has 0 radical (unpaired) electrons. The Labute approximate surface area is 134 Å². The van der Waals surface area contributed by atoms with Crippen LogP contribution in [0.2, 0.25) is 0 Å². The number of hydrogen-bond donors (Lipinski definition) is 2. The standard InChI is InChI=1S/C16H22FNO5/c1-10(2)14(16(20)21)18-15(19)11-4-5-13(17)12(8-11)9-23-7-6-22-3/h4-5,8,10,14H,6-7,9H2,1-3H3,(H,18,19)(H,20,21)/t14-/m0/s1. The number of benzene rings is 1. The highest BCUT2D eigenvalue weighted by Gasteiger charge is 2.24. The van der Waals surface area contributed by atoms with Crippen molar-refractivity contribution >= 4 is 11.9 Å². The van der Waals surface area contributed by atoms with E-state index in [1.165, 1.54) is 19.2 Å². The number of aliphatic carboxylic acids is 1. The van der Waals surface area contributed by atoms with Crippen LogP contribution in [0.15, 0.2) is 18.2 Å². The van der Waals surface area contributed by atoms with E-state index in [1.807, 2.05) is 0 Å². The van der Waals surface area contributed by atoms with Crippen molar-refractivity contribution in [2.75, 3.05) is 20.3 Å². The molecule has 1 rings (SSSR count). The number of methoxy groups -OCH3 is 1. The van der Waals surface area contributed by atoms with E-state index in [2.05, 4.69) is 5.32 Å². The van der Waals surface area contributed by atoms with Gasteiger partial charge in [0, 0.05) is 18.2 Å². The minimum atomic E-state index is -1.11. The Morgan fingerprint density at radius 3 is 2.57 bits per heavy atom. The van der Waals surface area contributed by atoms with Crippen molar-refractivity contribution in [1.29, 1.82) is 0 Å². The van der Waals surface area contributed by atoms with Crippen LogP contribution in [-0.2, 0) is 20.9 Å². The molecule has 7 heteroatoms. The van der Waals surface area contributed by atoms with Crippen LogP contribution in [0.5, 0.6) is 0 Å². The fraction of sp³-hybridized carbons (Fsp3) is 0.500. The van der Waals surface area contributed by atoms with Gasteiger partial charge in [-0.2, -0.15) is 0 Å². The first kappa shape index (κ1) is 19.1. The summed E-state index contributed by atoms with van der Waals surface area (Å²) in [5, 5.41) is 11.5. The van der Waals surface area contributed by atoms with E-state index in [0.717, 1.165) is 6.07 Å². The third kappa shape index (κ3) is 5.96. The van der Waals surface area contributed by atoms with Crippen LogP contribution in [0, 0.1) is 11.7 Å². The molecule has 0 saturated heterocycles. The maximum absolute atomic E-state index is 13.7. The zero-order chi connectivity index (χ0) is 17.4. The lowest BCUT2D eigenvalue weighted by Crippen LogP contribution is -2.44. The van der Waals surface area contributed by atoms with Crippen LogP contribution >= 0.6 is 0 Å². The number of hydrogen-bond acceptors (Lipinski definition) is 4. The Morgan fingerprint density at radius 1 is 1.30 bits per heavy atom. The van der Waals surface area contributed by atoms with E-state index >= 15 is 0 Å². The molecule has 23 heavy (non-hydrogen) atoms. The Kier molecular flexibility index (Phi) is 7.64. The topological polar surface area (TPSA) is 84.9 Å². The predicted molar refractivity (Wildman–Crippen MR) is 81.7 cm³/mol. The van der Waals surface area contributed by atoms with Crippen molar-refractivity contribution in [3.8, 4) is 0 Å². The average molecular weight is 327 g/mol. The van der Waals surface area contributed by atoms with Crippen LogP contribution in [0.4, 0.5) is 4.39 Å².